The molecule has 0 aliphatic carbocycles. The van der Waals surface area contributed by atoms with Crippen LogP contribution in [0.2, 0.25) is 0 Å². The van der Waals surface area contributed by atoms with E-state index in [0.717, 1.165) is 19.1 Å². The van der Waals surface area contributed by atoms with Gasteiger partial charge in [-0.15, -0.1) is 0 Å². The smallest absolute Gasteiger partial charge is 0.224 e. The van der Waals surface area contributed by atoms with Gasteiger partial charge in [-0.05, 0) is 18.6 Å². The Hall–Kier alpha value is -1.64. The highest BCUT2D eigenvalue weighted by atomic mass is 16.1. The SMILES string of the molecule is CCCCC(=O)Nc1cccc(C=O)c1. The average Bonchev–Trinajstić information content (AvgIpc) is 2.26. The minimum atomic E-state index is -0.0000935. The van der Waals surface area contributed by atoms with Crippen molar-refractivity contribution in [1.29, 1.82) is 0 Å². The van der Waals surface area contributed by atoms with Gasteiger partial charge in [-0.25, -0.2) is 0 Å². The fraction of sp³-hybridized carbons (Fsp3) is 0.333. The molecule has 80 valence electrons. The number of hydrogen-bond donors (Lipinski definition) is 1. The summed E-state index contributed by atoms with van der Waals surface area (Å²) in [5.74, 6) is -0.0000935. The maximum Gasteiger partial charge on any atom is 0.224 e. The van der Waals surface area contributed by atoms with Gasteiger partial charge in [0, 0.05) is 17.7 Å². The lowest BCUT2D eigenvalue weighted by atomic mass is 10.2. The Morgan fingerprint density at radius 1 is 1.47 bits per heavy atom. The van der Waals surface area contributed by atoms with Crippen LogP contribution in [0.25, 0.3) is 0 Å². The second-order valence-electron chi connectivity index (χ2n) is 3.40. The lowest BCUT2D eigenvalue weighted by molar-refractivity contribution is -0.116. The van der Waals surface area contributed by atoms with Gasteiger partial charge in [0.05, 0.1) is 0 Å². The molecule has 15 heavy (non-hydrogen) atoms. The molecule has 1 rings (SSSR count). The van der Waals surface area contributed by atoms with Crippen molar-refractivity contribution in [2.45, 2.75) is 26.2 Å². The molecule has 0 saturated heterocycles. The molecule has 0 unspecified atom stereocenters. The molecule has 0 heterocycles. The van der Waals surface area contributed by atoms with Crippen molar-refractivity contribution in [2.75, 3.05) is 5.32 Å². The molecule has 0 aliphatic heterocycles. The number of hydrogen-bond acceptors (Lipinski definition) is 2. The summed E-state index contributed by atoms with van der Waals surface area (Å²) >= 11 is 0. The van der Waals surface area contributed by atoms with Crippen LogP contribution in [0.4, 0.5) is 5.69 Å². The van der Waals surface area contributed by atoms with E-state index in [1.165, 1.54) is 0 Å². The summed E-state index contributed by atoms with van der Waals surface area (Å²) in [5, 5.41) is 2.75. The molecule has 0 saturated carbocycles. The summed E-state index contributed by atoms with van der Waals surface area (Å²) in [6.07, 6.45) is 3.19. The van der Waals surface area contributed by atoms with Crippen LogP contribution in [-0.2, 0) is 4.79 Å². The normalized spacial score (nSPS) is 9.67. The molecule has 1 amide bonds. The fourth-order valence-corrected chi connectivity index (χ4v) is 1.25. The van der Waals surface area contributed by atoms with Crippen molar-refractivity contribution in [3.63, 3.8) is 0 Å². The fourth-order valence-electron chi connectivity index (χ4n) is 1.25. The van der Waals surface area contributed by atoms with E-state index in [9.17, 15) is 9.59 Å². The summed E-state index contributed by atoms with van der Waals surface area (Å²) in [6.45, 7) is 2.04. The van der Waals surface area contributed by atoms with Crippen molar-refractivity contribution >= 4 is 17.9 Å². The Kier molecular flexibility index (Phi) is 4.54. The highest BCUT2D eigenvalue weighted by Crippen LogP contribution is 2.09. The quantitative estimate of drug-likeness (QED) is 0.751. The van der Waals surface area contributed by atoms with Crippen molar-refractivity contribution in [3.8, 4) is 0 Å². The number of aldehydes is 1. The molecule has 3 heteroatoms. The van der Waals surface area contributed by atoms with Crippen LogP contribution in [-0.4, -0.2) is 12.2 Å². The summed E-state index contributed by atoms with van der Waals surface area (Å²) < 4.78 is 0. The Morgan fingerprint density at radius 3 is 2.93 bits per heavy atom. The predicted octanol–water partition coefficient (Wildman–Crippen LogP) is 2.63. The first kappa shape index (κ1) is 11.4. The lowest BCUT2D eigenvalue weighted by Gasteiger charge is -2.04. The van der Waals surface area contributed by atoms with Crippen molar-refractivity contribution in [3.05, 3.63) is 29.8 Å². The van der Waals surface area contributed by atoms with Crippen molar-refractivity contribution in [1.82, 2.24) is 0 Å². The van der Waals surface area contributed by atoms with Crippen LogP contribution < -0.4 is 5.32 Å². The minimum absolute atomic E-state index is 0.0000935. The highest BCUT2D eigenvalue weighted by molar-refractivity contribution is 5.91. The van der Waals surface area contributed by atoms with E-state index in [4.69, 9.17) is 0 Å². The number of carbonyl (C=O) groups is 2. The van der Waals surface area contributed by atoms with Gasteiger partial charge in [0.1, 0.15) is 6.29 Å². The van der Waals surface area contributed by atoms with Gasteiger partial charge in [0.2, 0.25) is 5.91 Å². The molecule has 1 aromatic carbocycles. The monoisotopic (exact) mass is 205 g/mol. The molecular weight excluding hydrogens is 190 g/mol. The number of rotatable bonds is 5. The summed E-state index contributed by atoms with van der Waals surface area (Å²) in [5.41, 5.74) is 1.25. The number of carbonyl (C=O) groups excluding carboxylic acids is 2. The third kappa shape index (κ3) is 3.94. The van der Waals surface area contributed by atoms with E-state index in [1.807, 2.05) is 6.92 Å². The lowest BCUT2D eigenvalue weighted by Crippen LogP contribution is -2.10. The zero-order valence-corrected chi connectivity index (χ0v) is 8.82. The Bertz CT molecular complexity index is 347. The first-order chi connectivity index (χ1) is 7.26. The molecule has 0 radical (unpaired) electrons. The van der Waals surface area contributed by atoms with E-state index in [0.29, 0.717) is 17.7 Å². The van der Waals surface area contributed by atoms with Crippen LogP contribution in [0.1, 0.15) is 36.5 Å². The standard InChI is InChI=1S/C12H15NO2/c1-2-3-7-12(15)13-11-6-4-5-10(8-11)9-14/h4-6,8-9H,2-3,7H2,1H3,(H,13,15). The Balaban J connectivity index is 2.56. The zero-order valence-electron chi connectivity index (χ0n) is 8.82. The van der Waals surface area contributed by atoms with Crippen molar-refractivity contribution in [2.24, 2.45) is 0 Å². The maximum absolute atomic E-state index is 11.4. The third-order valence-electron chi connectivity index (χ3n) is 2.06. The molecule has 0 aromatic heterocycles. The first-order valence-corrected chi connectivity index (χ1v) is 5.11. The van der Waals surface area contributed by atoms with Crippen molar-refractivity contribution < 1.29 is 9.59 Å². The van der Waals surface area contributed by atoms with E-state index in [2.05, 4.69) is 5.32 Å². The highest BCUT2D eigenvalue weighted by Gasteiger charge is 2.01. The third-order valence-corrected chi connectivity index (χ3v) is 2.06. The van der Waals surface area contributed by atoms with Gasteiger partial charge in [-0.1, -0.05) is 25.5 Å². The van der Waals surface area contributed by atoms with E-state index < -0.39 is 0 Å². The van der Waals surface area contributed by atoms with Crippen LogP contribution in [0, 0.1) is 0 Å². The molecular formula is C12H15NO2. The second-order valence-corrected chi connectivity index (χ2v) is 3.40. The number of amides is 1. The molecule has 0 atom stereocenters. The van der Waals surface area contributed by atoms with Gasteiger partial charge in [-0.2, -0.15) is 0 Å². The summed E-state index contributed by atoms with van der Waals surface area (Å²) in [6, 6.07) is 6.89. The van der Waals surface area contributed by atoms with Gasteiger partial charge in [0.15, 0.2) is 0 Å². The van der Waals surface area contributed by atoms with Crippen LogP contribution >= 0.6 is 0 Å². The Morgan fingerprint density at radius 2 is 2.27 bits per heavy atom. The minimum Gasteiger partial charge on any atom is -0.326 e. The first-order valence-electron chi connectivity index (χ1n) is 5.11. The van der Waals surface area contributed by atoms with Gasteiger partial charge in [-0.3, -0.25) is 9.59 Å². The van der Waals surface area contributed by atoms with Gasteiger partial charge in [0.25, 0.3) is 0 Å². The van der Waals surface area contributed by atoms with Crippen LogP contribution in [0.3, 0.4) is 0 Å². The van der Waals surface area contributed by atoms with Gasteiger partial charge < -0.3 is 5.32 Å². The average molecular weight is 205 g/mol. The number of anilines is 1. The van der Waals surface area contributed by atoms with E-state index >= 15 is 0 Å². The molecule has 0 bridgehead atoms. The molecule has 0 aliphatic rings. The summed E-state index contributed by atoms with van der Waals surface area (Å²) in [7, 11) is 0. The number of unbranched alkanes of at least 4 members (excludes halogenated alkanes) is 1. The van der Waals surface area contributed by atoms with Gasteiger partial charge >= 0.3 is 0 Å². The molecule has 0 spiro atoms. The number of nitrogens with one attached hydrogen (secondary N) is 1. The summed E-state index contributed by atoms with van der Waals surface area (Å²) in [4.78, 5) is 21.9. The molecule has 3 nitrogen and oxygen atoms in total. The van der Waals surface area contributed by atoms with E-state index in [1.54, 1.807) is 24.3 Å². The zero-order chi connectivity index (χ0) is 11.1. The maximum atomic E-state index is 11.4. The molecule has 0 fully saturated rings. The van der Waals surface area contributed by atoms with Crippen LogP contribution in [0.5, 0.6) is 0 Å². The van der Waals surface area contributed by atoms with E-state index in [-0.39, 0.29) is 5.91 Å². The predicted molar refractivity (Wildman–Crippen MR) is 60.0 cm³/mol. The molecule has 1 aromatic rings. The number of benzene rings is 1. The van der Waals surface area contributed by atoms with Crippen LogP contribution in [0.15, 0.2) is 24.3 Å². The second kappa shape index (κ2) is 5.96. The largest absolute Gasteiger partial charge is 0.326 e. The topological polar surface area (TPSA) is 46.2 Å². The Labute approximate surface area is 89.5 Å². The molecule has 1 N–H and O–H groups in total.